The number of nitrogens with two attached hydrogens (primary N) is 1. The predicted molar refractivity (Wildman–Crippen MR) is 76.5 cm³/mol. The normalized spacial score (nSPS) is 10.4. The second-order valence-electron chi connectivity index (χ2n) is 4.73. The molecule has 1 aromatic carbocycles. The Morgan fingerprint density at radius 1 is 1.40 bits per heavy atom. The summed E-state index contributed by atoms with van der Waals surface area (Å²) in [6, 6.07) is 3.61. The highest BCUT2D eigenvalue weighted by atomic mass is 35.5. The molecule has 0 heterocycles. The smallest absolute Gasteiger partial charge is 0.337 e. The summed E-state index contributed by atoms with van der Waals surface area (Å²) < 4.78 is 18.1. The largest absolute Gasteiger partial charge is 0.465 e. The zero-order valence-electron chi connectivity index (χ0n) is 11.5. The molecule has 20 heavy (non-hydrogen) atoms. The fourth-order valence-electron chi connectivity index (χ4n) is 1.25. The van der Waals surface area contributed by atoms with Gasteiger partial charge in [0.1, 0.15) is 5.82 Å². The Hall–Kier alpha value is -1.66. The van der Waals surface area contributed by atoms with Gasteiger partial charge in [-0.1, -0.05) is 0 Å². The first-order chi connectivity index (χ1) is 8.81. The highest BCUT2D eigenvalue weighted by Crippen LogP contribution is 2.21. The molecule has 0 unspecified atom stereocenters. The number of hydrogen-bond donors (Lipinski definition) is 2. The average Bonchev–Trinajstić information content (AvgIpc) is 2.40. The van der Waals surface area contributed by atoms with Crippen molar-refractivity contribution in [3.63, 3.8) is 0 Å². The van der Waals surface area contributed by atoms with E-state index in [1.165, 1.54) is 19.2 Å². The molecule has 0 aliphatic carbocycles. The number of methoxy groups -OCH3 is 1. The zero-order chi connectivity index (χ0) is 14.6. The first kappa shape index (κ1) is 18.3. The van der Waals surface area contributed by atoms with Crippen molar-refractivity contribution in [1.82, 2.24) is 0 Å². The van der Waals surface area contributed by atoms with Gasteiger partial charge in [-0.3, -0.25) is 4.79 Å². The number of ether oxygens (including phenoxy) is 1. The maximum atomic E-state index is 13.6. The van der Waals surface area contributed by atoms with Crippen molar-refractivity contribution in [1.29, 1.82) is 0 Å². The molecule has 1 amide bonds. The van der Waals surface area contributed by atoms with Gasteiger partial charge in [-0.25, -0.2) is 9.18 Å². The summed E-state index contributed by atoms with van der Waals surface area (Å²) in [5.41, 5.74) is 4.73. The van der Waals surface area contributed by atoms with Crippen LogP contribution < -0.4 is 11.1 Å². The van der Waals surface area contributed by atoms with E-state index in [1.807, 2.05) is 0 Å². The predicted octanol–water partition coefficient (Wildman–Crippen LogP) is 1.96. The Kier molecular flexibility index (Phi) is 6.61. The van der Waals surface area contributed by atoms with Crippen LogP contribution in [0, 0.1) is 11.2 Å². The minimum Gasteiger partial charge on any atom is -0.465 e. The fourth-order valence-corrected chi connectivity index (χ4v) is 1.25. The number of carbonyl (C=O) groups excluding carboxylic acids is 2. The van der Waals surface area contributed by atoms with Crippen molar-refractivity contribution in [2.45, 2.75) is 13.8 Å². The third-order valence-electron chi connectivity index (χ3n) is 2.76. The van der Waals surface area contributed by atoms with E-state index in [4.69, 9.17) is 5.73 Å². The van der Waals surface area contributed by atoms with Crippen LogP contribution in [-0.2, 0) is 9.53 Å². The van der Waals surface area contributed by atoms with Gasteiger partial charge < -0.3 is 15.8 Å². The molecule has 1 aromatic rings. The van der Waals surface area contributed by atoms with Crippen LogP contribution in [0.3, 0.4) is 0 Å². The molecule has 1 rings (SSSR count). The quantitative estimate of drug-likeness (QED) is 0.833. The number of rotatable bonds is 4. The number of amides is 1. The van der Waals surface area contributed by atoms with E-state index in [2.05, 4.69) is 10.1 Å². The molecule has 0 atom stereocenters. The molecule has 5 nitrogen and oxygen atoms in total. The van der Waals surface area contributed by atoms with Crippen LogP contribution in [0.5, 0.6) is 0 Å². The summed E-state index contributed by atoms with van der Waals surface area (Å²) in [7, 11) is 1.22. The molecule has 0 bridgehead atoms. The Morgan fingerprint density at radius 2 is 2.00 bits per heavy atom. The Bertz CT molecular complexity index is 506. The van der Waals surface area contributed by atoms with E-state index in [1.54, 1.807) is 13.8 Å². The highest BCUT2D eigenvalue weighted by molar-refractivity contribution is 5.97. The molecule has 0 saturated heterocycles. The van der Waals surface area contributed by atoms with E-state index >= 15 is 0 Å². The van der Waals surface area contributed by atoms with E-state index < -0.39 is 23.1 Å². The van der Waals surface area contributed by atoms with Crippen molar-refractivity contribution in [3.05, 3.63) is 29.6 Å². The number of halogens is 2. The number of benzene rings is 1. The summed E-state index contributed by atoms with van der Waals surface area (Å²) >= 11 is 0. The lowest BCUT2D eigenvalue weighted by Crippen LogP contribution is -2.37. The minimum atomic E-state index is -0.826. The second-order valence-corrected chi connectivity index (χ2v) is 4.73. The van der Waals surface area contributed by atoms with Gasteiger partial charge in [0.05, 0.1) is 23.8 Å². The van der Waals surface area contributed by atoms with Gasteiger partial charge in [-0.15, -0.1) is 12.4 Å². The summed E-state index contributed by atoms with van der Waals surface area (Å²) in [4.78, 5) is 23.2. The lowest BCUT2D eigenvalue weighted by molar-refractivity contribution is -0.123. The van der Waals surface area contributed by atoms with Crippen LogP contribution in [0.15, 0.2) is 18.2 Å². The molecular formula is C13H18ClFN2O3. The monoisotopic (exact) mass is 304 g/mol. The van der Waals surface area contributed by atoms with Gasteiger partial charge in [0.25, 0.3) is 0 Å². The Balaban J connectivity index is 0.00000361. The molecular weight excluding hydrogens is 287 g/mol. The van der Waals surface area contributed by atoms with E-state index in [9.17, 15) is 14.0 Å². The lowest BCUT2D eigenvalue weighted by Gasteiger charge is -2.21. The van der Waals surface area contributed by atoms with E-state index in [0.717, 1.165) is 6.07 Å². The maximum absolute atomic E-state index is 13.6. The first-order valence-corrected chi connectivity index (χ1v) is 5.71. The average molecular weight is 305 g/mol. The lowest BCUT2D eigenvalue weighted by atomic mass is 9.92. The van der Waals surface area contributed by atoms with Crippen LogP contribution in [0.25, 0.3) is 0 Å². The molecule has 0 aliphatic heterocycles. The minimum absolute atomic E-state index is 0. The molecule has 3 N–H and O–H groups in total. The molecule has 0 aliphatic rings. The van der Waals surface area contributed by atoms with Gasteiger partial charge in [-0.2, -0.15) is 0 Å². The van der Waals surface area contributed by atoms with Crippen molar-refractivity contribution < 1.29 is 18.7 Å². The standard InChI is InChI=1S/C13H17FN2O3.ClH/c1-13(2,7-15)12(18)16-10-6-8(11(17)19-3)4-5-9(10)14;/h4-6H,7,15H2,1-3H3,(H,16,18);1H. The van der Waals surface area contributed by atoms with Crippen LogP contribution in [0.2, 0.25) is 0 Å². The molecule has 0 radical (unpaired) electrons. The van der Waals surface area contributed by atoms with Gasteiger partial charge in [-0.05, 0) is 32.0 Å². The zero-order valence-corrected chi connectivity index (χ0v) is 12.3. The van der Waals surface area contributed by atoms with Crippen LogP contribution >= 0.6 is 12.4 Å². The summed E-state index contributed by atoms with van der Waals surface area (Å²) in [5.74, 6) is -1.65. The Morgan fingerprint density at radius 3 is 2.50 bits per heavy atom. The number of nitrogens with one attached hydrogen (secondary N) is 1. The molecule has 7 heteroatoms. The van der Waals surface area contributed by atoms with Crippen molar-refractivity contribution in [3.8, 4) is 0 Å². The second kappa shape index (κ2) is 7.21. The first-order valence-electron chi connectivity index (χ1n) is 5.71. The third-order valence-corrected chi connectivity index (χ3v) is 2.76. The van der Waals surface area contributed by atoms with Crippen molar-refractivity contribution in [2.24, 2.45) is 11.1 Å². The third kappa shape index (κ3) is 4.18. The number of anilines is 1. The molecule has 0 fully saturated rings. The maximum Gasteiger partial charge on any atom is 0.337 e. The molecule has 112 valence electrons. The molecule has 0 aromatic heterocycles. The SMILES string of the molecule is COC(=O)c1ccc(F)c(NC(=O)C(C)(C)CN)c1.Cl. The van der Waals surface area contributed by atoms with E-state index in [0.29, 0.717) is 0 Å². The van der Waals surface area contributed by atoms with Gasteiger partial charge >= 0.3 is 5.97 Å². The van der Waals surface area contributed by atoms with Crippen LogP contribution in [-0.4, -0.2) is 25.5 Å². The Labute approximate surface area is 123 Å². The van der Waals surface area contributed by atoms with Gasteiger partial charge in [0.15, 0.2) is 0 Å². The summed E-state index contributed by atoms with van der Waals surface area (Å²) in [6.07, 6.45) is 0. The van der Waals surface area contributed by atoms with Crippen LogP contribution in [0.1, 0.15) is 24.2 Å². The number of hydrogen-bond acceptors (Lipinski definition) is 4. The van der Waals surface area contributed by atoms with Crippen molar-refractivity contribution in [2.75, 3.05) is 19.0 Å². The van der Waals surface area contributed by atoms with Gasteiger partial charge in [0.2, 0.25) is 5.91 Å². The van der Waals surface area contributed by atoms with Crippen molar-refractivity contribution >= 4 is 30.0 Å². The van der Waals surface area contributed by atoms with Gasteiger partial charge in [0, 0.05) is 6.54 Å². The summed E-state index contributed by atoms with van der Waals surface area (Å²) in [5, 5.41) is 2.42. The molecule has 0 spiro atoms. The fraction of sp³-hybridized carbons (Fsp3) is 0.385. The van der Waals surface area contributed by atoms with Crippen LogP contribution in [0.4, 0.5) is 10.1 Å². The highest BCUT2D eigenvalue weighted by Gasteiger charge is 2.26. The summed E-state index contributed by atoms with van der Waals surface area (Å²) in [6.45, 7) is 3.41. The van der Waals surface area contributed by atoms with E-state index in [-0.39, 0.29) is 30.2 Å². The number of esters is 1. The number of carbonyl (C=O) groups is 2. The molecule has 0 saturated carbocycles. The topological polar surface area (TPSA) is 81.4 Å².